The fraction of sp³-hybridized carbons (Fsp3) is 0.579. The number of benzene rings is 1. The van der Waals surface area contributed by atoms with Crippen LogP contribution in [0.2, 0.25) is 5.02 Å². The third kappa shape index (κ3) is 3.96. The van der Waals surface area contributed by atoms with Gasteiger partial charge in [0.2, 0.25) is 0 Å². The van der Waals surface area contributed by atoms with Crippen molar-refractivity contribution < 1.29 is 27.4 Å². The Morgan fingerprint density at radius 3 is 2.55 bits per heavy atom. The SMILES string of the molecule is O=C(COc1ccc(Cl)cc1)NC12CC(c3nnn([C@H]4C[C@@H](OC(F)(F)F)C4)n3)(C1)C2. The lowest BCUT2D eigenvalue weighted by molar-refractivity contribution is -0.353. The largest absolute Gasteiger partial charge is 0.522 e. The number of ether oxygens (including phenoxy) is 2. The van der Waals surface area contributed by atoms with E-state index in [1.807, 2.05) is 0 Å². The lowest BCUT2D eigenvalue weighted by Gasteiger charge is -2.68. The van der Waals surface area contributed by atoms with E-state index >= 15 is 0 Å². The van der Waals surface area contributed by atoms with Gasteiger partial charge in [0.15, 0.2) is 12.4 Å². The van der Waals surface area contributed by atoms with Gasteiger partial charge in [-0.2, -0.15) is 4.80 Å². The summed E-state index contributed by atoms with van der Waals surface area (Å²) in [6.45, 7) is -0.0896. The first-order valence-electron chi connectivity index (χ1n) is 9.88. The lowest BCUT2D eigenvalue weighted by atomic mass is 9.39. The molecule has 8 nitrogen and oxygen atoms in total. The molecule has 1 aromatic carbocycles. The number of carbonyl (C=O) groups is 1. The van der Waals surface area contributed by atoms with Gasteiger partial charge in [-0.1, -0.05) is 11.6 Å². The molecule has 1 aromatic heterocycles. The van der Waals surface area contributed by atoms with Crippen molar-refractivity contribution in [3.63, 3.8) is 0 Å². The van der Waals surface area contributed by atoms with Crippen LogP contribution in [-0.2, 0) is 14.9 Å². The van der Waals surface area contributed by atoms with Crippen molar-refractivity contribution in [3.05, 3.63) is 35.1 Å². The van der Waals surface area contributed by atoms with Gasteiger partial charge in [-0.3, -0.25) is 9.53 Å². The molecule has 4 aliphatic carbocycles. The maximum Gasteiger partial charge on any atom is 0.522 e. The van der Waals surface area contributed by atoms with Crippen LogP contribution in [0.5, 0.6) is 5.75 Å². The zero-order chi connectivity index (χ0) is 21.9. The summed E-state index contributed by atoms with van der Waals surface area (Å²) in [7, 11) is 0. The summed E-state index contributed by atoms with van der Waals surface area (Å²) in [5.41, 5.74) is -0.484. The highest BCUT2D eigenvalue weighted by Crippen LogP contribution is 2.67. The van der Waals surface area contributed by atoms with Crippen LogP contribution in [-0.4, -0.2) is 50.7 Å². The fourth-order valence-electron chi connectivity index (χ4n) is 4.77. The predicted molar refractivity (Wildman–Crippen MR) is 100 cm³/mol. The van der Waals surface area contributed by atoms with Crippen molar-refractivity contribution in [1.29, 1.82) is 0 Å². The molecule has 1 N–H and O–H groups in total. The van der Waals surface area contributed by atoms with Crippen LogP contribution in [0.4, 0.5) is 13.2 Å². The normalized spacial score (nSPS) is 31.2. The standard InChI is InChI=1S/C19H19ClF3N5O3/c20-11-1-3-13(4-2-11)30-7-15(29)24-18-8-17(9-18,10-18)16-25-27-28(26-16)12-5-14(6-12)31-19(21,22)23/h1-4,12,14H,5-10H2,(H,24,29)/t12-,14+,17?,18?. The van der Waals surface area contributed by atoms with E-state index in [4.69, 9.17) is 16.3 Å². The number of hydrogen-bond acceptors (Lipinski definition) is 6. The van der Waals surface area contributed by atoms with E-state index in [-0.39, 0.29) is 42.4 Å². The number of rotatable bonds is 7. The monoisotopic (exact) mass is 457 g/mol. The molecule has 4 aliphatic rings. The van der Waals surface area contributed by atoms with E-state index < -0.39 is 12.5 Å². The Morgan fingerprint density at radius 1 is 1.23 bits per heavy atom. The van der Waals surface area contributed by atoms with Crippen LogP contribution >= 0.6 is 11.6 Å². The lowest BCUT2D eigenvalue weighted by Crippen LogP contribution is -2.77. The summed E-state index contributed by atoms with van der Waals surface area (Å²) in [4.78, 5) is 13.6. The summed E-state index contributed by atoms with van der Waals surface area (Å²) >= 11 is 5.82. The van der Waals surface area contributed by atoms with Crippen molar-refractivity contribution in [3.8, 4) is 5.75 Å². The van der Waals surface area contributed by atoms with Crippen molar-refractivity contribution in [2.45, 2.75) is 61.6 Å². The number of halogens is 4. The highest BCUT2D eigenvalue weighted by atomic mass is 35.5. The van der Waals surface area contributed by atoms with E-state index in [1.54, 1.807) is 24.3 Å². The molecule has 2 bridgehead atoms. The molecular weight excluding hydrogens is 439 g/mol. The topological polar surface area (TPSA) is 91.2 Å². The molecule has 12 heteroatoms. The number of tetrazole rings is 1. The van der Waals surface area contributed by atoms with E-state index in [9.17, 15) is 18.0 Å². The van der Waals surface area contributed by atoms with Crippen LogP contribution in [0.25, 0.3) is 0 Å². The molecule has 1 heterocycles. The van der Waals surface area contributed by atoms with Crippen LogP contribution in [0.1, 0.15) is 44.0 Å². The number of aromatic nitrogens is 4. The Balaban J connectivity index is 1.08. The van der Waals surface area contributed by atoms with Gasteiger partial charge in [-0.15, -0.1) is 23.4 Å². The first-order chi connectivity index (χ1) is 14.6. The molecule has 0 saturated heterocycles. The molecule has 31 heavy (non-hydrogen) atoms. The Labute approximate surface area is 180 Å². The van der Waals surface area contributed by atoms with E-state index in [1.165, 1.54) is 4.80 Å². The average molecular weight is 458 g/mol. The average Bonchev–Trinajstić information content (AvgIpc) is 3.07. The third-order valence-electron chi connectivity index (χ3n) is 6.22. The molecule has 0 radical (unpaired) electrons. The number of amides is 1. The molecule has 0 aliphatic heterocycles. The second-order valence-corrected chi connectivity index (χ2v) is 9.06. The molecule has 4 fully saturated rings. The molecular formula is C19H19ClF3N5O3. The summed E-state index contributed by atoms with van der Waals surface area (Å²) in [5.74, 6) is 0.944. The Bertz CT molecular complexity index is 971. The highest BCUT2D eigenvalue weighted by Gasteiger charge is 2.71. The summed E-state index contributed by atoms with van der Waals surface area (Å²) in [6, 6.07) is 6.53. The number of carbonyl (C=O) groups excluding carboxylic acids is 1. The number of alkyl halides is 3. The molecule has 6 rings (SSSR count). The molecule has 2 aromatic rings. The van der Waals surface area contributed by atoms with Crippen molar-refractivity contribution in [2.75, 3.05) is 6.61 Å². The van der Waals surface area contributed by atoms with Crippen LogP contribution in [0.15, 0.2) is 24.3 Å². The van der Waals surface area contributed by atoms with Gasteiger partial charge in [0.1, 0.15) is 5.75 Å². The zero-order valence-electron chi connectivity index (χ0n) is 16.2. The minimum atomic E-state index is -4.62. The van der Waals surface area contributed by atoms with Gasteiger partial charge >= 0.3 is 6.36 Å². The molecule has 0 unspecified atom stereocenters. The number of nitrogens with one attached hydrogen (secondary N) is 1. The minimum Gasteiger partial charge on any atom is -0.484 e. The van der Waals surface area contributed by atoms with Crippen molar-refractivity contribution in [2.24, 2.45) is 0 Å². The smallest absolute Gasteiger partial charge is 0.484 e. The maximum absolute atomic E-state index is 12.2. The number of nitrogens with zero attached hydrogens (tertiary/aromatic N) is 4. The third-order valence-corrected chi connectivity index (χ3v) is 6.47. The fourth-order valence-corrected chi connectivity index (χ4v) is 4.90. The van der Waals surface area contributed by atoms with Crippen LogP contribution in [0.3, 0.4) is 0 Å². The highest BCUT2D eigenvalue weighted by molar-refractivity contribution is 6.30. The molecule has 0 spiro atoms. The molecule has 0 atom stereocenters. The van der Waals surface area contributed by atoms with Crippen LogP contribution < -0.4 is 10.1 Å². The first-order valence-corrected chi connectivity index (χ1v) is 10.3. The van der Waals surface area contributed by atoms with Gasteiger partial charge in [0.25, 0.3) is 5.91 Å². The van der Waals surface area contributed by atoms with Gasteiger partial charge in [-0.25, -0.2) is 0 Å². The summed E-state index contributed by atoms with van der Waals surface area (Å²) < 4.78 is 46.2. The van der Waals surface area contributed by atoms with Gasteiger partial charge in [0.05, 0.1) is 12.1 Å². The van der Waals surface area contributed by atoms with Gasteiger partial charge in [0, 0.05) is 16.0 Å². The molecule has 166 valence electrons. The Morgan fingerprint density at radius 2 is 1.90 bits per heavy atom. The predicted octanol–water partition coefficient (Wildman–Crippen LogP) is 2.94. The van der Waals surface area contributed by atoms with E-state index in [0.717, 1.165) is 0 Å². The van der Waals surface area contributed by atoms with Gasteiger partial charge in [-0.05, 0) is 61.6 Å². The minimum absolute atomic E-state index is 0.0896. The second-order valence-electron chi connectivity index (χ2n) is 8.63. The van der Waals surface area contributed by atoms with Crippen molar-refractivity contribution >= 4 is 17.5 Å². The van der Waals surface area contributed by atoms with E-state index in [0.29, 0.717) is 35.9 Å². The van der Waals surface area contributed by atoms with Crippen LogP contribution in [0, 0.1) is 0 Å². The molecule has 4 saturated carbocycles. The summed E-state index contributed by atoms with van der Waals surface area (Å²) in [6.07, 6.45) is -2.94. The Hall–Kier alpha value is -2.40. The Kier molecular flexibility index (Phi) is 4.67. The number of hydrogen-bond donors (Lipinski definition) is 1. The quantitative estimate of drug-likeness (QED) is 0.687. The van der Waals surface area contributed by atoms with E-state index in [2.05, 4.69) is 25.5 Å². The molecule has 1 amide bonds. The summed E-state index contributed by atoms with van der Waals surface area (Å²) in [5, 5.41) is 16.1. The van der Waals surface area contributed by atoms with Crippen molar-refractivity contribution in [1.82, 2.24) is 25.5 Å². The van der Waals surface area contributed by atoms with Gasteiger partial charge < -0.3 is 10.1 Å². The second kappa shape index (κ2) is 7.06. The zero-order valence-corrected chi connectivity index (χ0v) is 17.0. The maximum atomic E-state index is 12.2. The first kappa shape index (κ1) is 20.5.